The summed E-state index contributed by atoms with van der Waals surface area (Å²) in [5.74, 6) is -0.778. The Hall–Kier alpha value is -2.51. The molecule has 0 unspecified atom stereocenters. The number of rotatable bonds is 4. The summed E-state index contributed by atoms with van der Waals surface area (Å²) in [6.07, 6.45) is 0.275. The minimum atomic E-state index is -1.35. The third kappa shape index (κ3) is 2.90. The van der Waals surface area contributed by atoms with Crippen LogP contribution in [0.25, 0.3) is 4.96 Å². The maximum absolute atomic E-state index is 11.8. The highest BCUT2D eigenvalue weighted by molar-refractivity contribution is 7.15. The normalized spacial score (nSPS) is 12.2. The van der Waals surface area contributed by atoms with Crippen LogP contribution >= 0.6 is 11.3 Å². The topological polar surface area (TPSA) is 80.9 Å². The van der Waals surface area contributed by atoms with Crippen LogP contribution in [0.4, 0.5) is 0 Å². The monoisotopic (exact) mass is 316 g/mol. The number of aromatic nitrogens is 2. The van der Waals surface area contributed by atoms with E-state index in [0.717, 1.165) is 0 Å². The Kier molecular flexibility index (Phi) is 3.99. The van der Waals surface area contributed by atoms with Gasteiger partial charge in [0.1, 0.15) is 6.61 Å². The van der Waals surface area contributed by atoms with Crippen molar-refractivity contribution in [1.82, 2.24) is 9.38 Å². The van der Waals surface area contributed by atoms with Crippen molar-refractivity contribution in [1.29, 1.82) is 0 Å². The molecule has 2 aromatic heterocycles. The van der Waals surface area contributed by atoms with Crippen molar-refractivity contribution in [3.8, 4) is 0 Å². The van der Waals surface area contributed by atoms with Gasteiger partial charge in [-0.05, 0) is 5.56 Å². The molecule has 0 fully saturated rings. The second kappa shape index (κ2) is 6.08. The highest BCUT2D eigenvalue weighted by Gasteiger charge is 2.19. The fourth-order valence-electron chi connectivity index (χ4n) is 1.96. The van der Waals surface area contributed by atoms with Gasteiger partial charge in [-0.3, -0.25) is 9.20 Å². The van der Waals surface area contributed by atoms with Gasteiger partial charge in [0, 0.05) is 17.6 Å². The predicted molar refractivity (Wildman–Crippen MR) is 80.5 cm³/mol. The van der Waals surface area contributed by atoms with Gasteiger partial charge in [-0.25, -0.2) is 9.78 Å². The van der Waals surface area contributed by atoms with Crippen molar-refractivity contribution < 1.29 is 14.6 Å². The predicted octanol–water partition coefficient (Wildman–Crippen LogP) is 1.53. The number of aliphatic hydroxyl groups is 1. The van der Waals surface area contributed by atoms with Crippen LogP contribution in [0.5, 0.6) is 0 Å². The number of aliphatic hydroxyl groups excluding tert-OH is 1. The van der Waals surface area contributed by atoms with Crippen LogP contribution in [0.3, 0.4) is 0 Å². The number of benzene rings is 1. The van der Waals surface area contributed by atoms with Crippen LogP contribution in [0.15, 0.2) is 52.8 Å². The molecule has 7 heteroatoms. The summed E-state index contributed by atoms with van der Waals surface area (Å²) < 4.78 is 6.44. The Morgan fingerprint density at radius 2 is 2.14 bits per heavy atom. The molecule has 3 aromatic rings. The molecule has 0 radical (unpaired) electrons. The summed E-state index contributed by atoms with van der Waals surface area (Å²) in [6.45, 7) is -0.160. The number of nitrogens with zero attached hydrogens (tertiary/aromatic N) is 2. The molecule has 0 bridgehead atoms. The maximum Gasteiger partial charge on any atom is 0.340 e. The Labute approximate surface area is 129 Å². The second-order valence-electron chi connectivity index (χ2n) is 4.56. The number of esters is 1. The standard InChI is InChI=1S/C15H12N2O4S/c18-12-8-11(16-15-17(12)6-7-22-15)9-21-14(20)13(19)10-4-2-1-3-5-10/h1-8,13,19H,9H2/t13-/m0/s1. The molecule has 6 nitrogen and oxygen atoms in total. The molecule has 112 valence electrons. The van der Waals surface area contributed by atoms with E-state index >= 15 is 0 Å². The molecule has 1 N–H and O–H groups in total. The molecule has 3 rings (SSSR count). The molecule has 0 spiro atoms. The van der Waals surface area contributed by atoms with Gasteiger partial charge >= 0.3 is 5.97 Å². The molecule has 2 heterocycles. The third-order valence-electron chi connectivity index (χ3n) is 3.06. The molecule has 1 atom stereocenters. The summed E-state index contributed by atoms with van der Waals surface area (Å²) >= 11 is 1.32. The molecule has 22 heavy (non-hydrogen) atoms. The smallest absolute Gasteiger partial charge is 0.340 e. The number of carbonyl (C=O) groups is 1. The fourth-order valence-corrected chi connectivity index (χ4v) is 2.70. The van der Waals surface area contributed by atoms with Gasteiger partial charge in [0.05, 0.1) is 5.69 Å². The average Bonchev–Trinajstić information content (AvgIpc) is 3.02. The summed E-state index contributed by atoms with van der Waals surface area (Å²) in [5, 5.41) is 11.7. The van der Waals surface area contributed by atoms with E-state index in [0.29, 0.717) is 16.2 Å². The Balaban J connectivity index is 1.71. The first kappa shape index (κ1) is 14.4. The largest absolute Gasteiger partial charge is 0.457 e. The van der Waals surface area contributed by atoms with Gasteiger partial charge in [0.25, 0.3) is 5.56 Å². The van der Waals surface area contributed by atoms with Crippen molar-refractivity contribution in [3.63, 3.8) is 0 Å². The number of fused-ring (bicyclic) bond motifs is 1. The summed E-state index contributed by atoms with van der Waals surface area (Å²) in [5.41, 5.74) is 0.566. The van der Waals surface area contributed by atoms with Crippen LogP contribution in [0.1, 0.15) is 17.4 Å². The lowest BCUT2D eigenvalue weighted by atomic mass is 10.1. The summed E-state index contributed by atoms with van der Waals surface area (Å²) in [7, 11) is 0. The lowest BCUT2D eigenvalue weighted by molar-refractivity contribution is -0.155. The van der Waals surface area contributed by atoms with Crippen molar-refractivity contribution >= 4 is 22.3 Å². The quantitative estimate of drug-likeness (QED) is 0.738. The number of hydrogen-bond donors (Lipinski definition) is 1. The van der Waals surface area contributed by atoms with E-state index in [1.165, 1.54) is 21.8 Å². The molecular formula is C15H12N2O4S. The Morgan fingerprint density at radius 1 is 1.36 bits per heavy atom. The first-order valence-electron chi connectivity index (χ1n) is 6.50. The molecule has 1 aromatic carbocycles. The first-order valence-corrected chi connectivity index (χ1v) is 7.38. The van der Waals surface area contributed by atoms with E-state index in [9.17, 15) is 14.7 Å². The van der Waals surface area contributed by atoms with Crippen molar-refractivity contribution in [3.05, 3.63) is 69.6 Å². The van der Waals surface area contributed by atoms with Crippen LogP contribution in [-0.2, 0) is 16.1 Å². The van der Waals surface area contributed by atoms with E-state index < -0.39 is 12.1 Å². The highest BCUT2D eigenvalue weighted by Crippen LogP contribution is 2.14. The van der Waals surface area contributed by atoms with E-state index in [2.05, 4.69) is 4.98 Å². The highest BCUT2D eigenvalue weighted by atomic mass is 32.1. The SMILES string of the molecule is O=C(OCc1cc(=O)n2ccsc2n1)[C@@H](O)c1ccccc1. The summed E-state index contributed by atoms with van der Waals surface area (Å²) in [6, 6.07) is 9.80. The van der Waals surface area contributed by atoms with E-state index in [-0.39, 0.29) is 12.2 Å². The van der Waals surface area contributed by atoms with E-state index in [1.54, 1.807) is 41.9 Å². The Bertz CT molecular complexity index is 857. The minimum Gasteiger partial charge on any atom is -0.457 e. The van der Waals surface area contributed by atoms with Crippen LogP contribution in [-0.4, -0.2) is 20.5 Å². The van der Waals surface area contributed by atoms with Crippen LogP contribution in [0, 0.1) is 0 Å². The molecule has 0 amide bonds. The van der Waals surface area contributed by atoms with Crippen LogP contribution in [0.2, 0.25) is 0 Å². The van der Waals surface area contributed by atoms with Crippen LogP contribution < -0.4 is 5.56 Å². The first-order chi connectivity index (χ1) is 10.6. The molecule has 0 saturated heterocycles. The van der Waals surface area contributed by atoms with Gasteiger partial charge in [-0.2, -0.15) is 0 Å². The van der Waals surface area contributed by atoms with Gasteiger partial charge in [0.15, 0.2) is 11.1 Å². The van der Waals surface area contributed by atoms with Gasteiger partial charge in [-0.1, -0.05) is 30.3 Å². The second-order valence-corrected chi connectivity index (χ2v) is 5.44. The zero-order valence-corrected chi connectivity index (χ0v) is 12.2. The molecule has 0 aliphatic heterocycles. The lowest BCUT2D eigenvalue weighted by Gasteiger charge is -2.10. The van der Waals surface area contributed by atoms with Gasteiger partial charge in [-0.15, -0.1) is 11.3 Å². The van der Waals surface area contributed by atoms with E-state index in [1.807, 2.05) is 0 Å². The number of ether oxygens (including phenoxy) is 1. The number of carbonyl (C=O) groups excluding carboxylic acids is 1. The number of thiazole rings is 1. The van der Waals surface area contributed by atoms with Crippen molar-refractivity contribution in [2.24, 2.45) is 0 Å². The molecule has 0 aliphatic carbocycles. The van der Waals surface area contributed by atoms with Crippen molar-refractivity contribution in [2.45, 2.75) is 12.7 Å². The van der Waals surface area contributed by atoms with Gasteiger partial charge in [0.2, 0.25) is 0 Å². The molecule has 0 saturated carbocycles. The fraction of sp³-hybridized carbons (Fsp3) is 0.133. The summed E-state index contributed by atoms with van der Waals surface area (Å²) in [4.78, 5) is 28.4. The number of hydrogen-bond acceptors (Lipinski definition) is 6. The zero-order chi connectivity index (χ0) is 15.5. The maximum atomic E-state index is 11.8. The molecular weight excluding hydrogens is 304 g/mol. The minimum absolute atomic E-state index is 0.160. The molecule has 0 aliphatic rings. The van der Waals surface area contributed by atoms with Gasteiger partial charge < -0.3 is 9.84 Å². The Morgan fingerprint density at radius 3 is 2.91 bits per heavy atom. The van der Waals surface area contributed by atoms with E-state index in [4.69, 9.17) is 4.74 Å². The lowest BCUT2D eigenvalue weighted by Crippen LogP contribution is -2.18. The zero-order valence-electron chi connectivity index (χ0n) is 11.4. The van der Waals surface area contributed by atoms with Crippen molar-refractivity contribution in [2.75, 3.05) is 0 Å². The third-order valence-corrected chi connectivity index (χ3v) is 3.81. The average molecular weight is 316 g/mol.